The van der Waals surface area contributed by atoms with Crippen LogP contribution in [-0.2, 0) is 18.4 Å². The molecule has 0 radical (unpaired) electrons. The Labute approximate surface area is 338 Å². The van der Waals surface area contributed by atoms with Crippen molar-refractivity contribution in [2.24, 2.45) is 5.73 Å². The van der Waals surface area contributed by atoms with E-state index in [0.717, 1.165) is 44.9 Å². The molecule has 0 saturated carbocycles. The number of amides is 1. The fourth-order valence-corrected chi connectivity index (χ4v) is 7.30. The van der Waals surface area contributed by atoms with Crippen LogP contribution in [0.2, 0.25) is 0 Å². The topological polar surface area (TPSA) is 151 Å². The van der Waals surface area contributed by atoms with Crippen molar-refractivity contribution in [1.82, 2.24) is 5.32 Å². The predicted molar refractivity (Wildman–Crippen MR) is 232 cm³/mol. The van der Waals surface area contributed by atoms with Crippen LogP contribution in [-0.4, -0.2) is 59.0 Å². The van der Waals surface area contributed by atoms with E-state index < -0.39 is 38.6 Å². The van der Waals surface area contributed by atoms with Crippen molar-refractivity contribution >= 4 is 13.7 Å². The zero-order valence-electron chi connectivity index (χ0n) is 35.5. The number of phosphoric acid groups is 1. The summed E-state index contributed by atoms with van der Waals surface area (Å²) in [6, 6.07) is -1.00. The Morgan fingerprint density at radius 2 is 1.04 bits per heavy atom. The van der Waals surface area contributed by atoms with Crippen molar-refractivity contribution in [3.05, 3.63) is 36.5 Å². The molecular formula is C45H87N2O7P. The molecule has 0 bridgehead atoms. The van der Waals surface area contributed by atoms with Gasteiger partial charge in [0.25, 0.3) is 0 Å². The Kier molecular flexibility index (Phi) is 39.9. The zero-order valence-corrected chi connectivity index (χ0v) is 36.4. The van der Waals surface area contributed by atoms with Crippen LogP contribution in [0.4, 0.5) is 0 Å². The van der Waals surface area contributed by atoms with Gasteiger partial charge in [-0.05, 0) is 57.8 Å². The summed E-state index contributed by atoms with van der Waals surface area (Å²) in [5.41, 5.74) is 5.36. The number of nitrogens with one attached hydrogen (secondary N) is 1. The highest BCUT2D eigenvalue weighted by molar-refractivity contribution is 7.47. The molecule has 0 aromatic carbocycles. The van der Waals surface area contributed by atoms with Gasteiger partial charge in [0.05, 0.1) is 37.9 Å². The van der Waals surface area contributed by atoms with Crippen molar-refractivity contribution in [3.63, 3.8) is 0 Å². The number of unbranched alkanes of at least 4 members (excludes halogenated alkanes) is 24. The van der Waals surface area contributed by atoms with Gasteiger partial charge < -0.3 is 26.2 Å². The lowest BCUT2D eigenvalue weighted by Gasteiger charge is -2.24. The van der Waals surface area contributed by atoms with Crippen LogP contribution in [0.15, 0.2) is 36.5 Å². The molecule has 0 heterocycles. The van der Waals surface area contributed by atoms with Crippen LogP contribution in [0.25, 0.3) is 0 Å². The minimum absolute atomic E-state index is 0.0434. The van der Waals surface area contributed by atoms with E-state index >= 15 is 0 Å². The molecule has 6 N–H and O–H groups in total. The maximum Gasteiger partial charge on any atom is 0.472 e. The first-order valence-electron chi connectivity index (χ1n) is 22.7. The number of carbonyl (C=O) groups is 1. The summed E-state index contributed by atoms with van der Waals surface area (Å²) in [7, 11) is -4.41. The normalized spacial score (nSPS) is 14.9. The minimum atomic E-state index is -4.41. The molecule has 0 aliphatic rings. The Hall–Kier alpha value is -1.32. The number of aliphatic hydroxyl groups is 2. The molecule has 4 unspecified atom stereocenters. The first kappa shape index (κ1) is 53.7. The summed E-state index contributed by atoms with van der Waals surface area (Å²) in [6.07, 6.45) is 45.2. The molecule has 0 aliphatic heterocycles. The summed E-state index contributed by atoms with van der Waals surface area (Å²) >= 11 is 0. The van der Waals surface area contributed by atoms with E-state index in [4.69, 9.17) is 14.8 Å². The van der Waals surface area contributed by atoms with Crippen molar-refractivity contribution in [2.45, 2.75) is 225 Å². The molecule has 0 spiro atoms. The van der Waals surface area contributed by atoms with Crippen molar-refractivity contribution in [3.8, 4) is 0 Å². The van der Waals surface area contributed by atoms with E-state index in [1.807, 2.05) is 6.08 Å². The number of hydrogen-bond acceptors (Lipinski definition) is 7. The third-order valence-corrected chi connectivity index (χ3v) is 11.0. The van der Waals surface area contributed by atoms with Crippen LogP contribution in [0.1, 0.15) is 206 Å². The van der Waals surface area contributed by atoms with Crippen LogP contribution >= 0.6 is 7.82 Å². The van der Waals surface area contributed by atoms with E-state index in [1.54, 1.807) is 6.08 Å². The van der Waals surface area contributed by atoms with Crippen LogP contribution in [0.3, 0.4) is 0 Å². The number of nitrogens with two attached hydrogens (primary N) is 1. The standard InChI is InChI=1S/C45H87N2O7P/c1-3-5-7-9-11-13-15-17-19-20-21-23-24-26-28-30-32-34-36-42(48)40-45(50)47-43(41-54-55(51,52)53-39-38-46)44(49)37-35-33-31-29-27-25-22-18-16-14-12-10-8-6-4-2/h21,23,27,29,35,37,42-44,48-49H,3-20,22,24-26,28,30-34,36,38-41,46H2,1-2H3,(H,47,50)(H,51,52)/b23-21-,29-27+,37-35+. The van der Waals surface area contributed by atoms with E-state index in [9.17, 15) is 24.5 Å². The molecule has 0 aromatic rings. The van der Waals surface area contributed by atoms with Crippen molar-refractivity contribution in [2.75, 3.05) is 19.8 Å². The van der Waals surface area contributed by atoms with Gasteiger partial charge in [-0.15, -0.1) is 0 Å². The lowest BCUT2D eigenvalue weighted by molar-refractivity contribution is -0.124. The van der Waals surface area contributed by atoms with Crippen molar-refractivity contribution in [1.29, 1.82) is 0 Å². The molecule has 0 rings (SSSR count). The summed E-state index contributed by atoms with van der Waals surface area (Å²) < 4.78 is 22.1. The average Bonchev–Trinajstić information content (AvgIpc) is 3.16. The first-order chi connectivity index (χ1) is 26.8. The number of carbonyl (C=O) groups excluding carboxylic acids is 1. The number of hydrogen-bond donors (Lipinski definition) is 5. The fraction of sp³-hybridized carbons (Fsp3) is 0.844. The Bertz CT molecular complexity index is 977. The van der Waals surface area contributed by atoms with Crippen LogP contribution in [0, 0.1) is 0 Å². The Morgan fingerprint density at radius 1 is 0.618 bits per heavy atom. The second-order valence-electron chi connectivity index (χ2n) is 15.4. The van der Waals surface area contributed by atoms with Crippen LogP contribution in [0.5, 0.6) is 0 Å². The van der Waals surface area contributed by atoms with E-state index in [1.165, 1.54) is 128 Å². The average molecular weight is 799 g/mol. The molecule has 0 fully saturated rings. The minimum Gasteiger partial charge on any atom is -0.393 e. The third-order valence-electron chi connectivity index (χ3n) is 9.99. The number of rotatable bonds is 42. The monoisotopic (exact) mass is 799 g/mol. The van der Waals surface area contributed by atoms with Gasteiger partial charge in [0.1, 0.15) is 0 Å². The van der Waals surface area contributed by atoms with Gasteiger partial charge in [-0.3, -0.25) is 13.8 Å². The molecule has 324 valence electrons. The number of allylic oxidation sites excluding steroid dienone is 5. The first-order valence-corrected chi connectivity index (χ1v) is 24.2. The highest BCUT2D eigenvalue weighted by Gasteiger charge is 2.27. The quantitative estimate of drug-likeness (QED) is 0.0233. The SMILES string of the molecule is CCCCCCCCCCC/C=C\CCCCCCCC(O)CC(=O)NC(COP(=O)(O)OCCN)C(O)/C=C/CC/C=C/CCCCCCCCCCC. The molecule has 55 heavy (non-hydrogen) atoms. The highest BCUT2D eigenvalue weighted by atomic mass is 31.2. The molecular weight excluding hydrogens is 711 g/mol. The largest absolute Gasteiger partial charge is 0.472 e. The maximum atomic E-state index is 12.8. The molecule has 1 amide bonds. The lowest BCUT2D eigenvalue weighted by Crippen LogP contribution is -2.46. The number of aliphatic hydroxyl groups excluding tert-OH is 2. The Balaban J connectivity index is 4.33. The molecule has 4 atom stereocenters. The second kappa shape index (κ2) is 40.9. The lowest BCUT2D eigenvalue weighted by atomic mass is 10.0. The number of phosphoric ester groups is 1. The molecule has 0 aromatic heterocycles. The molecule has 9 nitrogen and oxygen atoms in total. The highest BCUT2D eigenvalue weighted by Crippen LogP contribution is 2.43. The Morgan fingerprint density at radius 3 is 1.51 bits per heavy atom. The summed E-state index contributed by atoms with van der Waals surface area (Å²) in [6.45, 7) is 3.95. The van der Waals surface area contributed by atoms with Gasteiger partial charge in [-0.2, -0.15) is 0 Å². The van der Waals surface area contributed by atoms with E-state index in [-0.39, 0.29) is 19.6 Å². The van der Waals surface area contributed by atoms with Gasteiger partial charge >= 0.3 is 7.82 Å². The van der Waals surface area contributed by atoms with E-state index in [2.05, 4.69) is 43.5 Å². The summed E-state index contributed by atoms with van der Waals surface area (Å²) in [5.74, 6) is -0.460. The molecule has 0 saturated heterocycles. The van der Waals surface area contributed by atoms with Gasteiger partial charge in [0.2, 0.25) is 5.91 Å². The maximum absolute atomic E-state index is 12.8. The third kappa shape index (κ3) is 39.3. The predicted octanol–water partition coefficient (Wildman–Crippen LogP) is 11.7. The van der Waals surface area contributed by atoms with Gasteiger partial charge in [0, 0.05) is 6.54 Å². The smallest absolute Gasteiger partial charge is 0.393 e. The molecule has 0 aliphatic carbocycles. The van der Waals surface area contributed by atoms with E-state index in [0.29, 0.717) is 12.8 Å². The van der Waals surface area contributed by atoms with Gasteiger partial charge in [-0.25, -0.2) is 4.57 Å². The van der Waals surface area contributed by atoms with Gasteiger partial charge in [0.15, 0.2) is 0 Å². The summed E-state index contributed by atoms with van der Waals surface area (Å²) in [4.78, 5) is 22.8. The second-order valence-corrected chi connectivity index (χ2v) is 16.9. The summed E-state index contributed by atoms with van der Waals surface area (Å²) in [5, 5.41) is 24.0. The fourth-order valence-electron chi connectivity index (χ4n) is 6.54. The van der Waals surface area contributed by atoms with Gasteiger partial charge in [-0.1, -0.05) is 179 Å². The van der Waals surface area contributed by atoms with Crippen molar-refractivity contribution < 1.29 is 33.5 Å². The zero-order chi connectivity index (χ0) is 40.5. The molecule has 10 heteroatoms. The van der Waals surface area contributed by atoms with Crippen LogP contribution < -0.4 is 11.1 Å².